The average molecular weight is 382 g/mol. The van der Waals surface area contributed by atoms with E-state index >= 15 is 0 Å². The van der Waals surface area contributed by atoms with Gasteiger partial charge in [0.2, 0.25) is 11.8 Å². The summed E-state index contributed by atoms with van der Waals surface area (Å²) in [6.45, 7) is 0. The van der Waals surface area contributed by atoms with Crippen LogP contribution in [0.2, 0.25) is 0 Å². The lowest BCUT2D eigenvalue weighted by molar-refractivity contribution is -0.125. The molecule has 0 aliphatic heterocycles. The molecule has 1 aliphatic carbocycles. The van der Waals surface area contributed by atoms with Crippen molar-refractivity contribution < 1.29 is 19.1 Å². The van der Waals surface area contributed by atoms with E-state index in [0.717, 1.165) is 5.69 Å². The zero-order valence-corrected chi connectivity index (χ0v) is 16.2. The third kappa shape index (κ3) is 4.82. The Labute approximate surface area is 165 Å². The molecule has 0 saturated heterocycles. The summed E-state index contributed by atoms with van der Waals surface area (Å²) >= 11 is 0. The van der Waals surface area contributed by atoms with Crippen LogP contribution in [0.5, 0.6) is 11.5 Å². The fourth-order valence-corrected chi connectivity index (χ4v) is 3.55. The number of benzene rings is 2. The second-order valence-corrected chi connectivity index (χ2v) is 6.96. The molecule has 0 aromatic heterocycles. The zero-order chi connectivity index (χ0) is 19.9. The molecule has 0 bridgehead atoms. The molecule has 2 aromatic carbocycles. The summed E-state index contributed by atoms with van der Waals surface area (Å²) in [7, 11) is 3.18. The molecule has 1 saturated carbocycles. The first-order valence-electron chi connectivity index (χ1n) is 9.49. The third-order valence-corrected chi connectivity index (χ3v) is 5.17. The molecule has 148 valence electrons. The van der Waals surface area contributed by atoms with Gasteiger partial charge < -0.3 is 20.1 Å². The minimum Gasteiger partial charge on any atom is -0.497 e. The number of ether oxygens (including phenoxy) is 2. The van der Waals surface area contributed by atoms with Gasteiger partial charge in [-0.15, -0.1) is 0 Å². The summed E-state index contributed by atoms with van der Waals surface area (Å²) in [6.07, 6.45) is 2.77. The van der Waals surface area contributed by atoms with Gasteiger partial charge in [0.05, 0.1) is 19.9 Å². The Morgan fingerprint density at radius 2 is 1.46 bits per heavy atom. The smallest absolute Gasteiger partial charge is 0.227 e. The number of hydrogen-bond acceptors (Lipinski definition) is 4. The van der Waals surface area contributed by atoms with Gasteiger partial charge in [0.25, 0.3) is 0 Å². The predicted molar refractivity (Wildman–Crippen MR) is 109 cm³/mol. The zero-order valence-electron chi connectivity index (χ0n) is 16.2. The predicted octanol–water partition coefficient (Wildman–Crippen LogP) is 4.09. The van der Waals surface area contributed by atoms with E-state index in [4.69, 9.17) is 9.47 Å². The lowest BCUT2D eigenvalue weighted by Gasteiger charge is -2.27. The molecule has 6 heteroatoms. The van der Waals surface area contributed by atoms with Crippen LogP contribution in [-0.4, -0.2) is 26.0 Å². The molecule has 3 rings (SSSR count). The molecule has 2 N–H and O–H groups in total. The number of carbonyl (C=O) groups excluding carboxylic acids is 2. The minimum atomic E-state index is -0.0919. The normalized spacial score (nSPS) is 18.8. The highest BCUT2D eigenvalue weighted by Gasteiger charge is 2.30. The van der Waals surface area contributed by atoms with E-state index in [9.17, 15) is 9.59 Å². The Morgan fingerprint density at radius 1 is 0.821 bits per heavy atom. The van der Waals surface area contributed by atoms with Gasteiger partial charge in [-0.2, -0.15) is 0 Å². The van der Waals surface area contributed by atoms with Crippen molar-refractivity contribution in [2.45, 2.75) is 25.7 Å². The summed E-state index contributed by atoms with van der Waals surface area (Å²) in [4.78, 5) is 25.1. The topological polar surface area (TPSA) is 76.7 Å². The van der Waals surface area contributed by atoms with Gasteiger partial charge in [-0.05, 0) is 49.9 Å². The maximum absolute atomic E-state index is 12.6. The van der Waals surface area contributed by atoms with E-state index in [1.165, 1.54) is 0 Å². The fourth-order valence-electron chi connectivity index (χ4n) is 3.55. The van der Waals surface area contributed by atoms with Gasteiger partial charge in [0, 0.05) is 23.6 Å². The second-order valence-electron chi connectivity index (χ2n) is 6.96. The standard InChI is InChI=1S/C22H26N2O4/c1-27-18-7-5-6-17(14-18)23-21(25)15-10-12-16(13-11-15)22(26)24-19-8-3-4-9-20(19)28-2/h3-9,14-16H,10-13H2,1-2H3,(H,23,25)(H,24,26). The first kappa shape index (κ1) is 19.7. The van der Waals surface area contributed by atoms with Gasteiger partial charge in [-0.3, -0.25) is 9.59 Å². The van der Waals surface area contributed by atoms with Gasteiger partial charge >= 0.3 is 0 Å². The Bertz CT molecular complexity index is 829. The number of carbonyl (C=O) groups is 2. The molecule has 6 nitrogen and oxygen atoms in total. The van der Waals surface area contributed by atoms with E-state index < -0.39 is 0 Å². The van der Waals surface area contributed by atoms with Gasteiger partial charge in [-0.25, -0.2) is 0 Å². The molecule has 0 atom stereocenters. The minimum absolute atomic E-state index is 0.00293. The van der Waals surface area contributed by atoms with Gasteiger partial charge in [0.1, 0.15) is 11.5 Å². The molecule has 1 fully saturated rings. The number of anilines is 2. The van der Waals surface area contributed by atoms with Crippen LogP contribution in [-0.2, 0) is 9.59 Å². The van der Waals surface area contributed by atoms with Crippen molar-refractivity contribution in [1.29, 1.82) is 0 Å². The maximum Gasteiger partial charge on any atom is 0.227 e. The lowest BCUT2D eigenvalue weighted by Crippen LogP contribution is -2.32. The summed E-state index contributed by atoms with van der Waals surface area (Å²) in [5.74, 6) is 1.15. The van der Waals surface area contributed by atoms with Crippen LogP contribution in [0.25, 0.3) is 0 Å². The van der Waals surface area contributed by atoms with E-state index in [-0.39, 0.29) is 23.7 Å². The molecular formula is C22H26N2O4. The van der Waals surface area contributed by atoms with Crippen molar-refractivity contribution >= 4 is 23.2 Å². The Balaban J connectivity index is 1.52. The SMILES string of the molecule is COc1cccc(NC(=O)C2CCC(C(=O)Nc3ccccc3OC)CC2)c1. The highest BCUT2D eigenvalue weighted by atomic mass is 16.5. The van der Waals surface area contributed by atoms with Crippen LogP contribution in [0.3, 0.4) is 0 Å². The number of para-hydroxylation sites is 2. The van der Waals surface area contributed by atoms with Crippen molar-refractivity contribution in [1.82, 2.24) is 0 Å². The van der Waals surface area contributed by atoms with Crippen LogP contribution in [0.1, 0.15) is 25.7 Å². The van der Waals surface area contributed by atoms with E-state index in [1.807, 2.05) is 42.5 Å². The monoisotopic (exact) mass is 382 g/mol. The highest BCUT2D eigenvalue weighted by molar-refractivity contribution is 5.95. The van der Waals surface area contributed by atoms with Gasteiger partial charge in [-0.1, -0.05) is 18.2 Å². The maximum atomic E-state index is 12.6. The summed E-state index contributed by atoms with van der Waals surface area (Å²) in [6, 6.07) is 14.7. The molecular weight excluding hydrogens is 356 g/mol. The molecule has 0 radical (unpaired) electrons. The number of nitrogens with one attached hydrogen (secondary N) is 2. The summed E-state index contributed by atoms with van der Waals surface area (Å²) < 4.78 is 10.5. The van der Waals surface area contributed by atoms with Crippen LogP contribution in [0, 0.1) is 11.8 Å². The Kier molecular flexibility index (Phi) is 6.53. The van der Waals surface area contributed by atoms with Crippen LogP contribution in [0.4, 0.5) is 11.4 Å². The second kappa shape index (κ2) is 9.26. The number of hydrogen-bond donors (Lipinski definition) is 2. The first-order chi connectivity index (χ1) is 13.6. The summed E-state index contributed by atoms with van der Waals surface area (Å²) in [5, 5.41) is 5.90. The quantitative estimate of drug-likeness (QED) is 0.789. The van der Waals surface area contributed by atoms with Crippen molar-refractivity contribution in [3.63, 3.8) is 0 Å². The first-order valence-corrected chi connectivity index (χ1v) is 9.49. The fraction of sp³-hybridized carbons (Fsp3) is 0.364. The van der Waals surface area contributed by atoms with E-state index in [1.54, 1.807) is 20.3 Å². The average Bonchev–Trinajstić information content (AvgIpc) is 2.74. The van der Waals surface area contributed by atoms with Crippen molar-refractivity contribution in [3.8, 4) is 11.5 Å². The molecule has 0 heterocycles. The molecule has 0 unspecified atom stereocenters. The largest absolute Gasteiger partial charge is 0.497 e. The van der Waals surface area contributed by atoms with Crippen LogP contribution < -0.4 is 20.1 Å². The highest BCUT2D eigenvalue weighted by Crippen LogP contribution is 2.32. The number of amides is 2. The lowest BCUT2D eigenvalue weighted by atomic mass is 9.81. The van der Waals surface area contributed by atoms with Gasteiger partial charge in [0.15, 0.2) is 0 Å². The van der Waals surface area contributed by atoms with Crippen molar-refractivity contribution in [3.05, 3.63) is 48.5 Å². The van der Waals surface area contributed by atoms with Crippen LogP contribution >= 0.6 is 0 Å². The Morgan fingerprint density at radius 3 is 2.11 bits per heavy atom. The number of rotatable bonds is 6. The number of methoxy groups -OCH3 is 2. The van der Waals surface area contributed by atoms with E-state index in [2.05, 4.69) is 10.6 Å². The Hall–Kier alpha value is -3.02. The molecule has 2 aromatic rings. The molecule has 1 aliphatic rings. The molecule has 0 spiro atoms. The summed E-state index contributed by atoms with van der Waals surface area (Å²) in [5.41, 5.74) is 1.40. The van der Waals surface area contributed by atoms with E-state index in [0.29, 0.717) is 42.9 Å². The molecule has 28 heavy (non-hydrogen) atoms. The van der Waals surface area contributed by atoms with Crippen molar-refractivity contribution in [2.75, 3.05) is 24.9 Å². The van der Waals surface area contributed by atoms with Crippen molar-refractivity contribution in [2.24, 2.45) is 11.8 Å². The third-order valence-electron chi connectivity index (χ3n) is 5.17. The molecule has 2 amide bonds. The van der Waals surface area contributed by atoms with Crippen LogP contribution in [0.15, 0.2) is 48.5 Å².